The van der Waals surface area contributed by atoms with Crippen LogP contribution in [0.1, 0.15) is 19.4 Å². The van der Waals surface area contributed by atoms with Crippen molar-refractivity contribution in [3.05, 3.63) is 90.7 Å². The van der Waals surface area contributed by atoms with Crippen LogP contribution in [-0.4, -0.2) is 21.0 Å². The number of benzene rings is 2. The number of sulfone groups is 1. The number of guanidine groups is 1. The summed E-state index contributed by atoms with van der Waals surface area (Å²) in [6.07, 6.45) is 8.87. The lowest BCUT2D eigenvalue weighted by atomic mass is 10.2. The van der Waals surface area contributed by atoms with Crippen LogP contribution in [0.3, 0.4) is 0 Å². The smallest absolute Gasteiger partial charge is 0.209 e. The van der Waals surface area contributed by atoms with Gasteiger partial charge in [0.1, 0.15) is 5.75 Å². The highest BCUT2D eigenvalue weighted by atomic mass is 32.2. The number of hydrogen-bond donors (Lipinski definition) is 2. The second-order valence-corrected chi connectivity index (χ2v) is 8.39. The van der Waals surface area contributed by atoms with Crippen molar-refractivity contribution in [2.75, 3.05) is 6.61 Å². The maximum absolute atomic E-state index is 12.9. The summed E-state index contributed by atoms with van der Waals surface area (Å²) in [7, 11) is -3.64. The number of rotatable bonds is 9. The van der Waals surface area contributed by atoms with E-state index in [0.717, 1.165) is 5.56 Å². The lowest BCUT2D eigenvalue weighted by molar-refractivity contribution is 0.340. The molecular formula is C24H26N4O3S. The maximum atomic E-state index is 12.9. The van der Waals surface area contributed by atoms with Gasteiger partial charge in [0, 0.05) is 5.70 Å². The van der Waals surface area contributed by atoms with Crippen LogP contribution < -0.4 is 15.4 Å². The van der Waals surface area contributed by atoms with E-state index in [2.05, 4.69) is 22.2 Å². The Labute approximate surface area is 189 Å². The molecule has 0 amide bonds. The summed E-state index contributed by atoms with van der Waals surface area (Å²) < 4.78 is 31.1. The van der Waals surface area contributed by atoms with Crippen LogP contribution in [0.4, 0.5) is 0 Å². The van der Waals surface area contributed by atoms with E-state index in [9.17, 15) is 8.42 Å². The van der Waals surface area contributed by atoms with Crippen LogP contribution in [0, 0.1) is 11.5 Å². The van der Waals surface area contributed by atoms with E-state index in [1.165, 1.54) is 12.1 Å². The molecule has 32 heavy (non-hydrogen) atoms. The van der Waals surface area contributed by atoms with Gasteiger partial charge in [0.25, 0.3) is 0 Å². The van der Waals surface area contributed by atoms with Gasteiger partial charge < -0.3 is 10.1 Å². The molecule has 2 aromatic rings. The number of nitrogens with zero attached hydrogens (tertiary/aromatic N) is 2. The molecule has 0 heterocycles. The Bertz CT molecular complexity index is 1140. The predicted molar refractivity (Wildman–Crippen MR) is 126 cm³/mol. The first-order valence-corrected chi connectivity index (χ1v) is 11.4. The Balaban J connectivity index is 2.17. The molecule has 0 unspecified atom stereocenters. The molecule has 2 N–H and O–H groups in total. The molecule has 0 radical (unpaired) electrons. The average Bonchev–Trinajstić information content (AvgIpc) is 2.79. The van der Waals surface area contributed by atoms with Crippen LogP contribution in [-0.2, 0) is 16.4 Å². The first-order valence-electron chi connectivity index (χ1n) is 9.93. The Kier molecular flexibility index (Phi) is 9.26. The van der Waals surface area contributed by atoms with E-state index in [4.69, 9.17) is 10.00 Å². The molecule has 7 nitrogen and oxygen atoms in total. The molecule has 0 bridgehead atoms. The van der Waals surface area contributed by atoms with Crippen molar-refractivity contribution in [2.24, 2.45) is 4.99 Å². The third kappa shape index (κ3) is 6.86. The summed E-state index contributed by atoms with van der Waals surface area (Å²) in [5, 5.41) is 14.5. The molecule has 0 aromatic heterocycles. The monoisotopic (exact) mass is 450 g/mol. The number of ether oxygens (including phenoxy) is 1. The van der Waals surface area contributed by atoms with E-state index in [-0.39, 0.29) is 22.3 Å². The molecule has 2 aromatic carbocycles. The lowest BCUT2D eigenvalue weighted by Crippen LogP contribution is -2.33. The first-order chi connectivity index (χ1) is 15.4. The van der Waals surface area contributed by atoms with Gasteiger partial charge in [-0.05, 0) is 68.0 Å². The Morgan fingerprint density at radius 2 is 1.78 bits per heavy atom. The van der Waals surface area contributed by atoms with Crippen LogP contribution >= 0.6 is 0 Å². The van der Waals surface area contributed by atoms with Gasteiger partial charge >= 0.3 is 0 Å². The van der Waals surface area contributed by atoms with Crippen LogP contribution in [0.25, 0.3) is 0 Å². The van der Waals surface area contributed by atoms with E-state index in [1.54, 1.807) is 48.6 Å². The molecule has 0 aliphatic heterocycles. The summed E-state index contributed by atoms with van der Waals surface area (Å²) >= 11 is 0. The zero-order valence-electron chi connectivity index (χ0n) is 18.1. The molecule has 8 heteroatoms. The van der Waals surface area contributed by atoms with Gasteiger partial charge in [-0.15, -0.1) is 0 Å². The van der Waals surface area contributed by atoms with Crippen LogP contribution in [0.2, 0.25) is 0 Å². The van der Waals surface area contributed by atoms with Crippen molar-refractivity contribution >= 4 is 15.8 Å². The Morgan fingerprint density at radius 1 is 1.16 bits per heavy atom. The topological polar surface area (TPSA) is 104 Å². The number of hydrogen-bond acceptors (Lipinski definition) is 5. The number of aliphatic imine (C=N–C) groups is 1. The van der Waals surface area contributed by atoms with Crippen molar-refractivity contribution in [1.82, 2.24) is 10.6 Å². The maximum Gasteiger partial charge on any atom is 0.209 e. The lowest BCUT2D eigenvalue weighted by Gasteiger charge is -2.09. The van der Waals surface area contributed by atoms with E-state index in [0.29, 0.717) is 18.1 Å². The van der Waals surface area contributed by atoms with Crippen molar-refractivity contribution in [3.63, 3.8) is 0 Å². The first kappa shape index (κ1) is 24.4. The molecule has 0 aliphatic carbocycles. The zero-order valence-corrected chi connectivity index (χ0v) is 18.9. The highest BCUT2D eigenvalue weighted by Gasteiger charge is 2.17. The molecular weight excluding hydrogens is 424 g/mol. The molecule has 0 fully saturated rings. The summed E-state index contributed by atoms with van der Waals surface area (Å²) in [6, 6.07) is 12.8. The van der Waals surface area contributed by atoms with Crippen molar-refractivity contribution in [2.45, 2.75) is 30.2 Å². The minimum atomic E-state index is -3.64. The third-order valence-corrected chi connectivity index (χ3v) is 5.96. The van der Waals surface area contributed by atoms with E-state index >= 15 is 0 Å². The largest absolute Gasteiger partial charge is 0.494 e. The molecule has 0 saturated carbocycles. The summed E-state index contributed by atoms with van der Waals surface area (Å²) in [6.45, 7) is 8.16. The molecule has 2 rings (SSSR count). The van der Waals surface area contributed by atoms with Crippen molar-refractivity contribution < 1.29 is 13.2 Å². The summed E-state index contributed by atoms with van der Waals surface area (Å²) in [4.78, 5) is 4.75. The second kappa shape index (κ2) is 12.1. The molecule has 0 atom stereocenters. The minimum absolute atomic E-state index is 0.187. The van der Waals surface area contributed by atoms with Gasteiger partial charge in [-0.1, -0.05) is 30.9 Å². The Morgan fingerprint density at radius 3 is 2.31 bits per heavy atom. The zero-order chi connectivity index (χ0) is 23.4. The highest BCUT2D eigenvalue weighted by Crippen LogP contribution is 2.23. The Hall–Kier alpha value is -3.83. The molecule has 166 valence electrons. The van der Waals surface area contributed by atoms with Gasteiger partial charge in [0.2, 0.25) is 15.8 Å². The number of allylic oxidation sites excluding steroid dienone is 4. The fourth-order valence-corrected chi connectivity index (χ4v) is 3.97. The quantitative estimate of drug-likeness (QED) is 0.196. The average molecular weight is 451 g/mol. The third-order valence-electron chi connectivity index (χ3n) is 4.18. The van der Waals surface area contributed by atoms with Crippen molar-refractivity contribution in [3.8, 4) is 11.9 Å². The van der Waals surface area contributed by atoms with Gasteiger partial charge in [0.05, 0.1) is 22.9 Å². The SMILES string of the molecule is C=C/C=C(\C=C/C)NC(=NCc1ccc(S(=O)(=O)c2ccc(OCC)cc2)cc1)NC#N. The van der Waals surface area contributed by atoms with Crippen LogP contribution in [0.5, 0.6) is 5.75 Å². The minimum Gasteiger partial charge on any atom is -0.494 e. The standard InChI is InChI=1S/C24H26N4O3S/c1-4-7-20(8-5-2)28-24(27-18-25)26-17-19-9-13-22(14-10-19)32(29,30)23-15-11-21(12-16-23)31-6-3/h4-5,7-16H,1,6,17H2,2-3H3,(H2,26,27,28)/b8-5-,20-7+. The molecule has 0 spiro atoms. The summed E-state index contributed by atoms with van der Waals surface area (Å²) in [5.74, 6) is 0.889. The van der Waals surface area contributed by atoms with Crippen molar-refractivity contribution in [1.29, 1.82) is 5.26 Å². The van der Waals surface area contributed by atoms with E-state index in [1.807, 2.05) is 32.2 Å². The predicted octanol–water partition coefficient (Wildman–Crippen LogP) is 4.08. The molecule has 0 saturated heterocycles. The van der Waals surface area contributed by atoms with E-state index < -0.39 is 9.84 Å². The van der Waals surface area contributed by atoms with Gasteiger partial charge in [-0.2, -0.15) is 5.26 Å². The fourth-order valence-electron chi connectivity index (χ4n) is 2.71. The number of nitrogens with one attached hydrogen (secondary N) is 2. The molecule has 0 aliphatic rings. The highest BCUT2D eigenvalue weighted by molar-refractivity contribution is 7.91. The summed E-state index contributed by atoms with van der Waals surface area (Å²) in [5.41, 5.74) is 1.50. The number of nitriles is 1. The fraction of sp³-hybridized carbons (Fsp3) is 0.167. The van der Waals surface area contributed by atoms with Gasteiger partial charge in [0.15, 0.2) is 6.19 Å². The van der Waals surface area contributed by atoms with Gasteiger partial charge in [-0.25, -0.2) is 13.4 Å². The van der Waals surface area contributed by atoms with Crippen LogP contribution in [0.15, 0.2) is 99.9 Å². The normalized spacial score (nSPS) is 12.3. The van der Waals surface area contributed by atoms with Gasteiger partial charge in [-0.3, -0.25) is 5.32 Å². The second-order valence-electron chi connectivity index (χ2n) is 6.44.